The van der Waals surface area contributed by atoms with Crippen molar-refractivity contribution >= 4 is 5.91 Å². The van der Waals surface area contributed by atoms with E-state index in [-0.39, 0.29) is 17.6 Å². The van der Waals surface area contributed by atoms with Crippen molar-refractivity contribution in [3.8, 4) is 11.3 Å². The number of hydrogen-bond donors (Lipinski definition) is 0. The third kappa shape index (κ3) is 3.14. The first-order valence-corrected chi connectivity index (χ1v) is 9.29. The summed E-state index contributed by atoms with van der Waals surface area (Å²) in [6.45, 7) is 7.30. The molecule has 1 aromatic carbocycles. The second-order valence-electron chi connectivity index (χ2n) is 7.53. The van der Waals surface area contributed by atoms with E-state index in [9.17, 15) is 9.18 Å². The molecule has 26 heavy (non-hydrogen) atoms. The van der Waals surface area contributed by atoms with Crippen LogP contribution in [-0.4, -0.2) is 46.5 Å². The molecule has 1 aromatic heterocycles. The highest BCUT2D eigenvalue weighted by Gasteiger charge is 2.35. The molecule has 1 atom stereocenters. The average molecular weight is 357 g/mol. The van der Waals surface area contributed by atoms with E-state index in [1.54, 1.807) is 6.07 Å². The van der Waals surface area contributed by atoms with Gasteiger partial charge in [-0.2, -0.15) is 0 Å². The Morgan fingerprint density at radius 2 is 2.19 bits per heavy atom. The van der Waals surface area contributed by atoms with Gasteiger partial charge in [0.25, 0.3) is 0 Å². The molecule has 0 N–H and O–H groups in total. The number of aromatic nitrogens is 1. The Bertz CT molecular complexity index is 817. The van der Waals surface area contributed by atoms with Crippen LogP contribution in [0.5, 0.6) is 0 Å². The molecule has 6 heteroatoms. The van der Waals surface area contributed by atoms with Crippen molar-refractivity contribution in [3.63, 3.8) is 0 Å². The van der Waals surface area contributed by atoms with E-state index in [4.69, 9.17) is 4.52 Å². The van der Waals surface area contributed by atoms with Crippen LogP contribution in [0.2, 0.25) is 0 Å². The van der Waals surface area contributed by atoms with Crippen molar-refractivity contribution in [2.45, 2.75) is 39.3 Å². The molecule has 2 aromatic rings. The van der Waals surface area contributed by atoms with Crippen LogP contribution in [0.15, 0.2) is 28.8 Å². The smallest absolute Gasteiger partial charge is 0.227 e. The molecule has 2 aliphatic rings. The normalized spacial score (nSPS) is 20.6. The van der Waals surface area contributed by atoms with Crippen LogP contribution in [0.4, 0.5) is 4.39 Å². The van der Waals surface area contributed by atoms with E-state index < -0.39 is 0 Å². The zero-order chi connectivity index (χ0) is 18.3. The first-order valence-electron chi connectivity index (χ1n) is 9.29. The van der Waals surface area contributed by atoms with Crippen molar-refractivity contribution in [2.24, 2.45) is 5.92 Å². The molecule has 4 rings (SSSR count). The monoisotopic (exact) mass is 357 g/mol. The minimum absolute atomic E-state index is 0.0661. The van der Waals surface area contributed by atoms with E-state index >= 15 is 0 Å². The highest BCUT2D eigenvalue weighted by atomic mass is 19.1. The standard InChI is InChI=1S/C20H24FN3O2/c1-13(2)23-8-6-15(11-23)20(25)24-9-7-18-17(12-24)19(22-26-18)14-4-3-5-16(21)10-14/h3-5,10,13,15H,6-9,11-12H2,1-2H3/t15-/m1/s1. The van der Waals surface area contributed by atoms with Crippen molar-refractivity contribution in [3.05, 3.63) is 41.4 Å². The first kappa shape index (κ1) is 17.2. The first-order chi connectivity index (χ1) is 12.5. The number of likely N-dealkylation sites (tertiary alicyclic amines) is 1. The largest absolute Gasteiger partial charge is 0.360 e. The maximum atomic E-state index is 13.6. The predicted octanol–water partition coefficient (Wildman–Crippen LogP) is 3.10. The molecule has 3 heterocycles. The molecule has 0 saturated carbocycles. The molecule has 0 radical (unpaired) electrons. The Labute approximate surface area is 152 Å². The van der Waals surface area contributed by atoms with E-state index in [1.807, 2.05) is 11.0 Å². The lowest BCUT2D eigenvalue weighted by Crippen LogP contribution is -2.41. The number of benzene rings is 1. The van der Waals surface area contributed by atoms with Gasteiger partial charge < -0.3 is 14.3 Å². The number of hydrogen-bond acceptors (Lipinski definition) is 4. The second-order valence-corrected chi connectivity index (χ2v) is 7.53. The van der Waals surface area contributed by atoms with Crippen LogP contribution in [0, 0.1) is 11.7 Å². The Morgan fingerprint density at radius 1 is 1.35 bits per heavy atom. The molecule has 1 amide bonds. The summed E-state index contributed by atoms with van der Waals surface area (Å²) in [5.41, 5.74) is 2.25. The van der Waals surface area contributed by atoms with E-state index in [2.05, 4.69) is 23.9 Å². The Kier molecular flexibility index (Phi) is 4.53. The van der Waals surface area contributed by atoms with Gasteiger partial charge in [-0.25, -0.2) is 4.39 Å². The van der Waals surface area contributed by atoms with Crippen molar-refractivity contribution in [1.29, 1.82) is 0 Å². The molecule has 138 valence electrons. The summed E-state index contributed by atoms with van der Waals surface area (Å²) in [7, 11) is 0. The lowest BCUT2D eigenvalue weighted by molar-refractivity contribution is -0.136. The van der Waals surface area contributed by atoms with Crippen LogP contribution >= 0.6 is 0 Å². The minimum atomic E-state index is -0.303. The van der Waals surface area contributed by atoms with Crippen LogP contribution in [0.25, 0.3) is 11.3 Å². The third-order valence-corrected chi connectivity index (χ3v) is 5.54. The quantitative estimate of drug-likeness (QED) is 0.847. The van der Waals surface area contributed by atoms with Gasteiger partial charge in [0.2, 0.25) is 5.91 Å². The number of amides is 1. The minimum Gasteiger partial charge on any atom is -0.360 e. The van der Waals surface area contributed by atoms with Gasteiger partial charge in [-0.1, -0.05) is 17.3 Å². The SMILES string of the molecule is CC(C)N1CC[C@@H](C(=O)N2CCc3onc(-c4cccc(F)c4)c3C2)C1. The molecule has 1 saturated heterocycles. The van der Waals surface area contributed by atoms with Crippen LogP contribution in [0.3, 0.4) is 0 Å². The van der Waals surface area contributed by atoms with Gasteiger partial charge >= 0.3 is 0 Å². The fourth-order valence-electron chi connectivity index (χ4n) is 3.98. The molecular weight excluding hydrogens is 333 g/mol. The van der Waals surface area contributed by atoms with Gasteiger partial charge in [0.05, 0.1) is 12.5 Å². The number of carbonyl (C=O) groups excluding carboxylic acids is 1. The van der Waals surface area contributed by atoms with E-state index in [1.165, 1.54) is 12.1 Å². The van der Waals surface area contributed by atoms with Crippen molar-refractivity contribution < 1.29 is 13.7 Å². The Hall–Kier alpha value is -2.21. The summed E-state index contributed by atoms with van der Waals surface area (Å²) in [6, 6.07) is 6.82. The van der Waals surface area contributed by atoms with Gasteiger partial charge in [0.1, 0.15) is 17.3 Å². The average Bonchev–Trinajstić information content (AvgIpc) is 3.28. The van der Waals surface area contributed by atoms with Crippen LogP contribution in [0.1, 0.15) is 31.6 Å². The zero-order valence-electron chi connectivity index (χ0n) is 15.2. The molecule has 0 spiro atoms. The second kappa shape index (κ2) is 6.83. The van der Waals surface area contributed by atoms with E-state index in [0.717, 1.165) is 30.8 Å². The van der Waals surface area contributed by atoms with Gasteiger partial charge in [-0.15, -0.1) is 0 Å². The van der Waals surface area contributed by atoms with Gasteiger partial charge in [0, 0.05) is 36.7 Å². The number of carbonyl (C=O) groups is 1. The number of nitrogens with zero attached hydrogens (tertiary/aromatic N) is 3. The number of rotatable bonds is 3. The summed E-state index contributed by atoms with van der Waals surface area (Å²) in [5, 5.41) is 4.15. The molecule has 0 aliphatic carbocycles. The molecule has 1 fully saturated rings. The summed E-state index contributed by atoms with van der Waals surface area (Å²) in [4.78, 5) is 17.3. The van der Waals surface area contributed by atoms with Gasteiger partial charge in [-0.05, 0) is 38.9 Å². The topological polar surface area (TPSA) is 49.6 Å². The van der Waals surface area contributed by atoms with Gasteiger partial charge in [-0.3, -0.25) is 4.79 Å². The van der Waals surface area contributed by atoms with Crippen LogP contribution in [-0.2, 0) is 17.8 Å². The number of fused-ring (bicyclic) bond motifs is 1. The Balaban J connectivity index is 1.53. The van der Waals surface area contributed by atoms with Gasteiger partial charge in [0.15, 0.2) is 0 Å². The van der Waals surface area contributed by atoms with Crippen LogP contribution < -0.4 is 0 Å². The van der Waals surface area contributed by atoms with E-state index in [0.29, 0.717) is 36.8 Å². The molecule has 0 bridgehead atoms. The molecular formula is C20H24FN3O2. The maximum absolute atomic E-state index is 13.6. The van der Waals surface area contributed by atoms with Crippen molar-refractivity contribution in [2.75, 3.05) is 19.6 Å². The highest BCUT2D eigenvalue weighted by molar-refractivity contribution is 5.80. The zero-order valence-corrected chi connectivity index (χ0v) is 15.2. The lowest BCUT2D eigenvalue weighted by atomic mass is 9.99. The molecule has 5 nitrogen and oxygen atoms in total. The third-order valence-electron chi connectivity index (χ3n) is 5.54. The predicted molar refractivity (Wildman–Crippen MR) is 95.8 cm³/mol. The summed E-state index contributed by atoms with van der Waals surface area (Å²) in [6.07, 6.45) is 1.57. The summed E-state index contributed by atoms with van der Waals surface area (Å²) < 4.78 is 19.0. The van der Waals surface area contributed by atoms with Crippen molar-refractivity contribution in [1.82, 2.24) is 15.0 Å². The molecule has 0 unspecified atom stereocenters. The lowest BCUT2D eigenvalue weighted by Gasteiger charge is -2.29. The summed E-state index contributed by atoms with van der Waals surface area (Å²) >= 11 is 0. The number of halogens is 1. The maximum Gasteiger partial charge on any atom is 0.227 e. The fraction of sp³-hybridized carbons (Fsp3) is 0.500. The summed E-state index contributed by atoms with van der Waals surface area (Å²) in [5.74, 6) is 0.785. The Morgan fingerprint density at radius 3 is 2.92 bits per heavy atom. The molecule has 2 aliphatic heterocycles. The fourth-order valence-corrected chi connectivity index (χ4v) is 3.98. The highest BCUT2D eigenvalue weighted by Crippen LogP contribution is 2.31.